The highest BCUT2D eigenvalue weighted by molar-refractivity contribution is 7.99. The van der Waals surface area contributed by atoms with E-state index in [4.69, 9.17) is 9.47 Å². The smallest absolute Gasteiger partial charge is 0.303 e. The van der Waals surface area contributed by atoms with E-state index >= 15 is 0 Å². The molecule has 0 saturated carbocycles. The van der Waals surface area contributed by atoms with Crippen molar-refractivity contribution >= 4 is 17.7 Å². The average molecular weight is 294 g/mol. The number of rotatable bonds is 3. The Labute approximate surface area is 125 Å². The van der Waals surface area contributed by atoms with Gasteiger partial charge < -0.3 is 9.47 Å². The van der Waals surface area contributed by atoms with E-state index in [1.54, 1.807) is 11.8 Å². The quantitative estimate of drug-likeness (QED) is 0.796. The van der Waals surface area contributed by atoms with E-state index in [0.29, 0.717) is 5.92 Å². The maximum atomic E-state index is 11.2. The molecule has 0 spiro atoms. The van der Waals surface area contributed by atoms with Gasteiger partial charge in [0, 0.05) is 17.7 Å². The second-order valence-electron chi connectivity index (χ2n) is 5.43. The summed E-state index contributed by atoms with van der Waals surface area (Å²) in [5.41, 5.74) is 0.0919. The zero-order valence-electron chi connectivity index (χ0n) is 12.4. The van der Waals surface area contributed by atoms with E-state index < -0.39 is 0 Å². The maximum Gasteiger partial charge on any atom is 0.303 e. The molecule has 0 bridgehead atoms. The maximum absolute atomic E-state index is 11.2. The summed E-state index contributed by atoms with van der Waals surface area (Å²) in [4.78, 5) is 12.4. The summed E-state index contributed by atoms with van der Waals surface area (Å²) in [5.74, 6) is 0.364. The molecule has 1 fully saturated rings. The van der Waals surface area contributed by atoms with Crippen molar-refractivity contribution < 1.29 is 14.3 Å². The molecule has 5 atom stereocenters. The molecule has 1 saturated heterocycles. The Morgan fingerprint density at radius 2 is 1.80 bits per heavy atom. The molecule has 0 amide bonds. The van der Waals surface area contributed by atoms with Crippen molar-refractivity contribution in [3.63, 3.8) is 0 Å². The summed E-state index contributed by atoms with van der Waals surface area (Å²) in [6, 6.07) is 10.3. The van der Waals surface area contributed by atoms with Gasteiger partial charge in [0.15, 0.2) is 0 Å². The van der Waals surface area contributed by atoms with Gasteiger partial charge in [-0.25, -0.2) is 0 Å². The summed E-state index contributed by atoms with van der Waals surface area (Å²) in [7, 11) is 0. The Kier molecular flexibility index (Phi) is 5.11. The van der Waals surface area contributed by atoms with Crippen LogP contribution in [-0.4, -0.2) is 23.6 Å². The molecule has 1 aromatic rings. The predicted octanol–water partition coefficient (Wildman–Crippen LogP) is 3.73. The minimum absolute atomic E-state index is 0.0775. The standard InChI is InChI=1S/C16H22O3S/c1-10-11(2)16(20-14-8-6-5-7-9-14)18-12(3)15(10)19-13(4)17/h5-12,15-16H,1-4H3/t10-,11+,12-,15+,16-/m0/s1. The summed E-state index contributed by atoms with van der Waals surface area (Å²) in [6.07, 6.45) is -0.235. The van der Waals surface area contributed by atoms with Crippen LogP contribution in [0.4, 0.5) is 0 Å². The van der Waals surface area contributed by atoms with E-state index in [-0.39, 0.29) is 29.5 Å². The zero-order chi connectivity index (χ0) is 14.7. The van der Waals surface area contributed by atoms with Gasteiger partial charge in [0.05, 0.1) is 6.10 Å². The topological polar surface area (TPSA) is 35.5 Å². The van der Waals surface area contributed by atoms with E-state index in [9.17, 15) is 4.79 Å². The van der Waals surface area contributed by atoms with E-state index in [1.807, 2.05) is 25.1 Å². The lowest BCUT2D eigenvalue weighted by atomic mass is 9.86. The van der Waals surface area contributed by atoms with Gasteiger partial charge in [0.25, 0.3) is 0 Å². The number of carbonyl (C=O) groups excluding carboxylic acids is 1. The number of benzene rings is 1. The van der Waals surface area contributed by atoms with Crippen LogP contribution in [-0.2, 0) is 14.3 Å². The molecule has 0 unspecified atom stereocenters. The SMILES string of the molecule is CC(=O)O[C@@H]1[C@@H](C)[C@@H](C)[C@H](Sc2ccccc2)O[C@H]1C. The Hall–Kier alpha value is -1.00. The third kappa shape index (κ3) is 3.55. The highest BCUT2D eigenvalue weighted by Gasteiger charge is 2.41. The molecule has 0 radical (unpaired) electrons. The van der Waals surface area contributed by atoms with Gasteiger partial charge in [0.1, 0.15) is 11.5 Å². The van der Waals surface area contributed by atoms with Crippen LogP contribution < -0.4 is 0 Å². The van der Waals surface area contributed by atoms with E-state index in [1.165, 1.54) is 11.8 Å². The van der Waals surface area contributed by atoms with Crippen molar-refractivity contribution in [3.05, 3.63) is 30.3 Å². The average Bonchev–Trinajstić information content (AvgIpc) is 2.42. The van der Waals surface area contributed by atoms with Crippen LogP contribution in [0.1, 0.15) is 27.7 Å². The first kappa shape index (κ1) is 15.4. The second kappa shape index (κ2) is 6.64. The fourth-order valence-corrected chi connectivity index (χ4v) is 3.83. The van der Waals surface area contributed by atoms with Crippen LogP contribution >= 0.6 is 11.8 Å². The lowest BCUT2D eigenvalue weighted by Crippen LogP contribution is -2.48. The van der Waals surface area contributed by atoms with Gasteiger partial charge in [-0.05, 0) is 25.0 Å². The number of carbonyl (C=O) groups is 1. The molecular weight excluding hydrogens is 272 g/mol. The van der Waals surface area contributed by atoms with Crippen LogP contribution in [0.2, 0.25) is 0 Å². The van der Waals surface area contributed by atoms with Crippen LogP contribution in [0.25, 0.3) is 0 Å². The molecule has 0 aromatic heterocycles. The Balaban J connectivity index is 2.05. The zero-order valence-corrected chi connectivity index (χ0v) is 13.2. The minimum Gasteiger partial charge on any atom is -0.460 e. The summed E-state index contributed by atoms with van der Waals surface area (Å²) < 4.78 is 11.5. The first-order valence-corrected chi connectivity index (χ1v) is 7.91. The molecule has 4 heteroatoms. The van der Waals surface area contributed by atoms with Gasteiger partial charge in [-0.1, -0.05) is 43.8 Å². The van der Waals surface area contributed by atoms with Gasteiger partial charge >= 0.3 is 5.97 Å². The van der Waals surface area contributed by atoms with Gasteiger partial charge in [-0.15, -0.1) is 0 Å². The van der Waals surface area contributed by atoms with Crippen molar-refractivity contribution in [1.29, 1.82) is 0 Å². The number of esters is 1. The van der Waals surface area contributed by atoms with E-state index in [2.05, 4.69) is 26.0 Å². The Morgan fingerprint density at radius 1 is 1.15 bits per heavy atom. The number of hydrogen-bond donors (Lipinski definition) is 0. The number of hydrogen-bond acceptors (Lipinski definition) is 4. The normalized spacial score (nSPS) is 33.7. The van der Waals surface area contributed by atoms with Crippen molar-refractivity contribution in [3.8, 4) is 0 Å². The van der Waals surface area contributed by atoms with Crippen molar-refractivity contribution in [2.75, 3.05) is 0 Å². The molecule has 20 heavy (non-hydrogen) atoms. The lowest BCUT2D eigenvalue weighted by molar-refractivity contribution is -0.177. The summed E-state index contributed by atoms with van der Waals surface area (Å²) in [6.45, 7) is 7.73. The first-order chi connectivity index (χ1) is 9.49. The fourth-order valence-electron chi connectivity index (χ4n) is 2.55. The largest absolute Gasteiger partial charge is 0.460 e. The van der Waals surface area contributed by atoms with Crippen LogP contribution in [0.15, 0.2) is 35.2 Å². The summed E-state index contributed by atoms with van der Waals surface area (Å²) in [5, 5.41) is 0. The molecule has 0 aliphatic carbocycles. The molecule has 2 rings (SSSR count). The van der Waals surface area contributed by atoms with Crippen LogP contribution in [0.5, 0.6) is 0 Å². The lowest BCUT2D eigenvalue weighted by Gasteiger charge is -2.42. The van der Waals surface area contributed by atoms with E-state index in [0.717, 1.165) is 0 Å². The monoisotopic (exact) mass is 294 g/mol. The summed E-state index contributed by atoms with van der Waals surface area (Å²) >= 11 is 1.74. The highest BCUT2D eigenvalue weighted by atomic mass is 32.2. The third-order valence-corrected chi connectivity index (χ3v) is 5.20. The third-order valence-electron chi connectivity index (χ3n) is 3.89. The van der Waals surface area contributed by atoms with Gasteiger partial charge in [-0.3, -0.25) is 4.79 Å². The molecule has 1 aromatic carbocycles. The predicted molar refractivity (Wildman–Crippen MR) is 80.5 cm³/mol. The van der Waals surface area contributed by atoms with Crippen LogP contribution in [0, 0.1) is 11.8 Å². The van der Waals surface area contributed by atoms with Gasteiger partial charge in [0.2, 0.25) is 0 Å². The molecular formula is C16H22O3S. The van der Waals surface area contributed by atoms with Gasteiger partial charge in [-0.2, -0.15) is 0 Å². The van der Waals surface area contributed by atoms with Crippen molar-refractivity contribution in [1.82, 2.24) is 0 Å². The minimum atomic E-state index is -0.237. The Morgan fingerprint density at radius 3 is 2.40 bits per heavy atom. The molecule has 0 N–H and O–H groups in total. The fraction of sp³-hybridized carbons (Fsp3) is 0.562. The molecule has 1 heterocycles. The number of ether oxygens (including phenoxy) is 2. The highest BCUT2D eigenvalue weighted by Crippen LogP contribution is 2.40. The molecule has 1 aliphatic heterocycles. The van der Waals surface area contributed by atoms with Crippen molar-refractivity contribution in [2.45, 2.75) is 50.2 Å². The second-order valence-corrected chi connectivity index (χ2v) is 6.60. The molecule has 3 nitrogen and oxygen atoms in total. The first-order valence-electron chi connectivity index (χ1n) is 7.03. The van der Waals surface area contributed by atoms with Crippen molar-refractivity contribution in [2.24, 2.45) is 11.8 Å². The number of thioether (sulfide) groups is 1. The molecule has 110 valence electrons. The van der Waals surface area contributed by atoms with Crippen LogP contribution in [0.3, 0.4) is 0 Å². The Bertz CT molecular complexity index is 448. The molecule has 1 aliphatic rings.